The minimum atomic E-state index is -0.143. The number of hydrogen-bond acceptors (Lipinski definition) is 2. The molecule has 4 heteroatoms. The van der Waals surface area contributed by atoms with Gasteiger partial charge in [-0.2, -0.15) is 0 Å². The number of benzene rings is 2. The van der Waals surface area contributed by atoms with Crippen LogP contribution in [0.3, 0.4) is 0 Å². The molecule has 2 aromatic carbocycles. The fourth-order valence-corrected chi connectivity index (χ4v) is 2.27. The number of carbonyl (C=O) groups excluding carboxylic acids is 1. The number of nitrogens with two attached hydrogens (primary N) is 1. The third kappa shape index (κ3) is 3.15. The largest absolute Gasteiger partial charge is 0.398 e. The molecule has 0 heterocycles. The van der Waals surface area contributed by atoms with Crippen LogP contribution in [0.2, 0.25) is 0 Å². The van der Waals surface area contributed by atoms with Gasteiger partial charge in [0.2, 0.25) is 0 Å². The standard InChI is InChI=1S/C15H15BrN2O/c1-10(11-6-3-2-4-7-11)18-15(19)12-8-5-9-13(17)14(12)16/h2-10H,17H2,1H3,(H,18,19). The van der Waals surface area contributed by atoms with Gasteiger partial charge in [0.25, 0.3) is 5.91 Å². The van der Waals surface area contributed by atoms with E-state index < -0.39 is 0 Å². The number of hydrogen-bond donors (Lipinski definition) is 2. The van der Waals surface area contributed by atoms with E-state index in [4.69, 9.17) is 5.73 Å². The number of amides is 1. The van der Waals surface area contributed by atoms with Gasteiger partial charge in [0.1, 0.15) is 0 Å². The summed E-state index contributed by atoms with van der Waals surface area (Å²) in [6, 6.07) is 15.0. The molecule has 3 nitrogen and oxygen atoms in total. The summed E-state index contributed by atoms with van der Waals surface area (Å²) >= 11 is 3.34. The Morgan fingerprint density at radius 2 is 1.84 bits per heavy atom. The topological polar surface area (TPSA) is 55.1 Å². The van der Waals surface area contributed by atoms with Gasteiger partial charge >= 0.3 is 0 Å². The highest BCUT2D eigenvalue weighted by atomic mass is 79.9. The van der Waals surface area contributed by atoms with Crippen LogP contribution in [0, 0.1) is 0 Å². The highest BCUT2D eigenvalue weighted by Gasteiger charge is 2.14. The van der Waals surface area contributed by atoms with E-state index in [9.17, 15) is 4.79 Å². The molecular weight excluding hydrogens is 304 g/mol. The van der Waals surface area contributed by atoms with Crippen molar-refractivity contribution < 1.29 is 4.79 Å². The van der Waals surface area contributed by atoms with Gasteiger partial charge in [-0.1, -0.05) is 36.4 Å². The summed E-state index contributed by atoms with van der Waals surface area (Å²) < 4.78 is 0.632. The Bertz CT molecular complexity index is 584. The van der Waals surface area contributed by atoms with Crippen molar-refractivity contribution in [3.05, 3.63) is 64.1 Å². The minimum absolute atomic E-state index is 0.0537. The second kappa shape index (κ2) is 5.89. The first kappa shape index (κ1) is 13.6. The third-order valence-electron chi connectivity index (χ3n) is 2.92. The summed E-state index contributed by atoms with van der Waals surface area (Å²) in [5, 5.41) is 2.96. The predicted octanol–water partition coefficient (Wildman–Crippen LogP) is 3.52. The van der Waals surface area contributed by atoms with E-state index in [0.29, 0.717) is 15.7 Å². The maximum atomic E-state index is 12.2. The van der Waals surface area contributed by atoms with E-state index in [0.717, 1.165) is 5.56 Å². The molecule has 2 rings (SSSR count). The molecule has 0 fully saturated rings. The fourth-order valence-electron chi connectivity index (χ4n) is 1.82. The Morgan fingerprint density at radius 3 is 2.53 bits per heavy atom. The lowest BCUT2D eigenvalue weighted by atomic mass is 10.1. The molecule has 0 aromatic heterocycles. The fraction of sp³-hybridized carbons (Fsp3) is 0.133. The normalized spacial score (nSPS) is 11.9. The smallest absolute Gasteiger partial charge is 0.252 e. The molecular formula is C15H15BrN2O. The summed E-state index contributed by atoms with van der Waals surface area (Å²) in [6.07, 6.45) is 0. The van der Waals surface area contributed by atoms with Gasteiger partial charge in [0, 0.05) is 5.69 Å². The molecule has 0 aliphatic carbocycles. The van der Waals surface area contributed by atoms with Crippen LogP contribution >= 0.6 is 15.9 Å². The molecule has 3 N–H and O–H groups in total. The second-order valence-electron chi connectivity index (χ2n) is 4.31. The number of anilines is 1. The zero-order valence-corrected chi connectivity index (χ0v) is 12.1. The maximum Gasteiger partial charge on any atom is 0.252 e. The van der Waals surface area contributed by atoms with Crippen molar-refractivity contribution >= 4 is 27.5 Å². The summed E-state index contributed by atoms with van der Waals surface area (Å²) in [5.41, 5.74) is 7.94. The molecule has 98 valence electrons. The molecule has 1 amide bonds. The maximum absolute atomic E-state index is 12.2. The first-order valence-corrected chi connectivity index (χ1v) is 6.78. The Morgan fingerprint density at radius 1 is 1.16 bits per heavy atom. The molecule has 2 aromatic rings. The molecule has 0 radical (unpaired) electrons. The van der Waals surface area contributed by atoms with Crippen molar-refractivity contribution in [1.29, 1.82) is 0 Å². The van der Waals surface area contributed by atoms with Crippen LogP contribution in [-0.4, -0.2) is 5.91 Å². The SMILES string of the molecule is CC(NC(=O)c1cccc(N)c1Br)c1ccccc1. The summed E-state index contributed by atoms with van der Waals surface area (Å²) in [5.74, 6) is -0.143. The molecule has 1 unspecified atom stereocenters. The van der Waals surface area contributed by atoms with Crippen LogP contribution in [0.15, 0.2) is 53.0 Å². The molecule has 0 saturated heterocycles. The van der Waals surface area contributed by atoms with Crippen molar-refractivity contribution in [2.45, 2.75) is 13.0 Å². The lowest BCUT2D eigenvalue weighted by Gasteiger charge is -2.15. The first-order chi connectivity index (χ1) is 9.09. The lowest BCUT2D eigenvalue weighted by molar-refractivity contribution is 0.0939. The van der Waals surface area contributed by atoms with Crippen molar-refractivity contribution in [2.24, 2.45) is 0 Å². The van der Waals surface area contributed by atoms with Crippen molar-refractivity contribution in [2.75, 3.05) is 5.73 Å². The quantitative estimate of drug-likeness (QED) is 0.851. The van der Waals surface area contributed by atoms with Crippen molar-refractivity contribution in [3.63, 3.8) is 0 Å². The molecule has 19 heavy (non-hydrogen) atoms. The number of nitrogens with one attached hydrogen (secondary N) is 1. The monoisotopic (exact) mass is 318 g/mol. The Labute approximate surface area is 121 Å². The zero-order chi connectivity index (χ0) is 13.8. The van der Waals surface area contributed by atoms with Gasteiger partial charge in [0.05, 0.1) is 16.1 Å². The minimum Gasteiger partial charge on any atom is -0.398 e. The average molecular weight is 319 g/mol. The second-order valence-corrected chi connectivity index (χ2v) is 5.11. The summed E-state index contributed by atoms with van der Waals surface area (Å²) in [4.78, 5) is 12.2. The van der Waals surface area contributed by atoms with E-state index in [2.05, 4.69) is 21.2 Å². The van der Waals surface area contributed by atoms with Crippen molar-refractivity contribution in [1.82, 2.24) is 5.32 Å². The molecule has 0 saturated carbocycles. The number of carbonyl (C=O) groups is 1. The van der Waals surface area contributed by atoms with Crippen LogP contribution in [0.4, 0.5) is 5.69 Å². The van der Waals surface area contributed by atoms with Gasteiger partial charge in [-0.15, -0.1) is 0 Å². The molecule has 0 spiro atoms. The van der Waals surface area contributed by atoms with Crippen LogP contribution in [0.25, 0.3) is 0 Å². The Balaban J connectivity index is 2.16. The number of halogens is 1. The van der Waals surface area contributed by atoms with E-state index >= 15 is 0 Å². The van der Waals surface area contributed by atoms with Crippen molar-refractivity contribution in [3.8, 4) is 0 Å². The predicted molar refractivity (Wildman–Crippen MR) is 80.9 cm³/mol. The van der Waals surface area contributed by atoms with Crippen LogP contribution < -0.4 is 11.1 Å². The Hall–Kier alpha value is -1.81. The number of nitrogen functional groups attached to an aromatic ring is 1. The number of rotatable bonds is 3. The van der Waals surface area contributed by atoms with E-state index in [1.807, 2.05) is 37.3 Å². The highest BCUT2D eigenvalue weighted by Crippen LogP contribution is 2.24. The molecule has 0 aliphatic rings. The van der Waals surface area contributed by atoms with Crippen LogP contribution in [0.5, 0.6) is 0 Å². The third-order valence-corrected chi connectivity index (χ3v) is 3.81. The Kier molecular flexibility index (Phi) is 4.22. The van der Waals surface area contributed by atoms with Gasteiger partial charge in [0.15, 0.2) is 0 Å². The van der Waals surface area contributed by atoms with Crippen LogP contribution in [-0.2, 0) is 0 Å². The summed E-state index contributed by atoms with van der Waals surface area (Å²) in [7, 11) is 0. The first-order valence-electron chi connectivity index (χ1n) is 5.99. The van der Waals surface area contributed by atoms with Gasteiger partial charge in [-0.3, -0.25) is 4.79 Å². The lowest BCUT2D eigenvalue weighted by Crippen LogP contribution is -2.27. The molecule has 1 atom stereocenters. The van der Waals surface area contributed by atoms with E-state index in [1.165, 1.54) is 0 Å². The van der Waals surface area contributed by atoms with E-state index in [-0.39, 0.29) is 11.9 Å². The van der Waals surface area contributed by atoms with Crippen LogP contribution in [0.1, 0.15) is 28.9 Å². The van der Waals surface area contributed by atoms with Gasteiger partial charge in [-0.25, -0.2) is 0 Å². The van der Waals surface area contributed by atoms with E-state index in [1.54, 1.807) is 18.2 Å². The van der Waals surface area contributed by atoms with Gasteiger partial charge in [-0.05, 0) is 40.5 Å². The highest BCUT2D eigenvalue weighted by molar-refractivity contribution is 9.10. The molecule has 0 aliphatic heterocycles. The summed E-state index contributed by atoms with van der Waals surface area (Å²) in [6.45, 7) is 1.95. The zero-order valence-electron chi connectivity index (χ0n) is 10.6. The average Bonchev–Trinajstić information content (AvgIpc) is 2.42. The van der Waals surface area contributed by atoms with Gasteiger partial charge < -0.3 is 11.1 Å². The molecule has 0 bridgehead atoms.